The van der Waals surface area contributed by atoms with Crippen LogP contribution in [0.5, 0.6) is 0 Å². The monoisotopic (exact) mass is 150 g/mol. The SMILES string of the molecule is C#CCCC1C(=O)CCC1C. The van der Waals surface area contributed by atoms with Gasteiger partial charge in [0.1, 0.15) is 5.78 Å². The second-order valence-electron chi connectivity index (χ2n) is 3.33. The summed E-state index contributed by atoms with van der Waals surface area (Å²) in [7, 11) is 0. The van der Waals surface area contributed by atoms with E-state index in [1.807, 2.05) is 0 Å². The zero-order valence-corrected chi connectivity index (χ0v) is 6.97. The Balaban J connectivity index is 2.43. The fourth-order valence-corrected chi connectivity index (χ4v) is 1.76. The number of hydrogen-bond acceptors (Lipinski definition) is 1. The minimum absolute atomic E-state index is 0.269. The normalized spacial score (nSPS) is 30.4. The average Bonchev–Trinajstić information content (AvgIpc) is 2.29. The van der Waals surface area contributed by atoms with Crippen LogP contribution in [0.4, 0.5) is 0 Å². The topological polar surface area (TPSA) is 17.1 Å². The smallest absolute Gasteiger partial charge is 0.136 e. The van der Waals surface area contributed by atoms with Crippen LogP contribution in [0.1, 0.15) is 32.6 Å². The lowest BCUT2D eigenvalue weighted by molar-refractivity contribution is -0.121. The molecule has 1 heteroatoms. The van der Waals surface area contributed by atoms with Gasteiger partial charge in [-0.1, -0.05) is 6.92 Å². The highest BCUT2D eigenvalue weighted by Gasteiger charge is 2.30. The van der Waals surface area contributed by atoms with E-state index in [0.717, 1.165) is 25.7 Å². The summed E-state index contributed by atoms with van der Waals surface area (Å²) in [5.74, 6) is 3.84. The lowest BCUT2D eigenvalue weighted by Crippen LogP contribution is -2.11. The Bertz CT molecular complexity index is 188. The third kappa shape index (κ3) is 1.83. The summed E-state index contributed by atoms with van der Waals surface area (Å²) in [5.41, 5.74) is 0. The van der Waals surface area contributed by atoms with Crippen molar-refractivity contribution in [2.24, 2.45) is 11.8 Å². The van der Waals surface area contributed by atoms with Gasteiger partial charge in [0, 0.05) is 18.8 Å². The molecule has 0 bridgehead atoms. The standard InChI is InChI=1S/C10H14O/c1-3-4-5-9-8(2)6-7-10(9)11/h1,8-9H,4-7H2,2H3. The van der Waals surface area contributed by atoms with Crippen LogP contribution in [-0.2, 0) is 4.79 Å². The molecule has 1 saturated carbocycles. The third-order valence-corrected chi connectivity index (χ3v) is 2.55. The van der Waals surface area contributed by atoms with Gasteiger partial charge in [-0.15, -0.1) is 12.3 Å². The first kappa shape index (κ1) is 8.33. The van der Waals surface area contributed by atoms with Crippen LogP contribution in [0, 0.1) is 24.2 Å². The van der Waals surface area contributed by atoms with E-state index in [9.17, 15) is 4.79 Å². The molecule has 0 aromatic rings. The van der Waals surface area contributed by atoms with Crippen LogP contribution in [0.25, 0.3) is 0 Å². The molecule has 1 fully saturated rings. The van der Waals surface area contributed by atoms with E-state index in [2.05, 4.69) is 12.8 Å². The first-order chi connectivity index (χ1) is 5.25. The molecule has 1 aliphatic carbocycles. The minimum atomic E-state index is 0.269. The van der Waals surface area contributed by atoms with Crippen LogP contribution < -0.4 is 0 Å². The minimum Gasteiger partial charge on any atom is -0.299 e. The molecule has 0 amide bonds. The third-order valence-electron chi connectivity index (χ3n) is 2.55. The summed E-state index contributed by atoms with van der Waals surface area (Å²) in [4.78, 5) is 11.2. The van der Waals surface area contributed by atoms with Gasteiger partial charge >= 0.3 is 0 Å². The van der Waals surface area contributed by atoms with Gasteiger partial charge in [-0.05, 0) is 18.8 Å². The number of Topliss-reactive ketones (excluding diaryl/α,β-unsaturated/α-hetero) is 1. The molecule has 1 aliphatic rings. The molecule has 1 rings (SSSR count). The zero-order valence-electron chi connectivity index (χ0n) is 6.97. The van der Waals surface area contributed by atoms with Crippen molar-refractivity contribution < 1.29 is 4.79 Å². The summed E-state index contributed by atoms with van der Waals surface area (Å²) < 4.78 is 0. The van der Waals surface area contributed by atoms with Crippen molar-refractivity contribution in [2.45, 2.75) is 32.6 Å². The van der Waals surface area contributed by atoms with Crippen molar-refractivity contribution in [3.05, 3.63) is 0 Å². The molecule has 0 heterocycles. The molecule has 0 radical (unpaired) electrons. The highest BCUT2D eigenvalue weighted by atomic mass is 16.1. The van der Waals surface area contributed by atoms with Crippen LogP contribution in [0.15, 0.2) is 0 Å². The van der Waals surface area contributed by atoms with Crippen molar-refractivity contribution in [1.29, 1.82) is 0 Å². The van der Waals surface area contributed by atoms with Crippen molar-refractivity contribution in [3.63, 3.8) is 0 Å². The number of rotatable bonds is 2. The highest BCUT2D eigenvalue weighted by molar-refractivity contribution is 5.83. The van der Waals surface area contributed by atoms with Crippen LogP contribution in [0.2, 0.25) is 0 Å². The van der Waals surface area contributed by atoms with E-state index in [0.29, 0.717) is 11.7 Å². The maximum atomic E-state index is 11.2. The predicted molar refractivity (Wildman–Crippen MR) is 45.0 cm³/mol. The summed E-state index contributed by atoms with van der Waals surface area (Å²) in [6.45, 7) is 2.14. The van der Waals surface area contributed by atoms with Gasteiger partial charge in [0.15, 0.2) is 0 Å². The quantitative estimate of drug-likeness (QED) is 0.550. The molecule has 11 heavy (non-hydrogen) atoms. The van der Waals surface area contributed by atoms with Gasteiger partial charge < -0.3 is 0 Å². The molecule has 0 aliphatic heterocycles. The van der Waals surface area contributed by atoms with E-state index in [-0.39, 0.29) is 5.92 Å². The number of carbonyl (C=O) groups excluding carboxylic acids is 1. The Morgan fingerprint density at radius 3 is 2.91 bits per heavy atom. The molecule has 0 saturated heterocycles. The second kappa shape index (κ2) is 3.57. The molecule has 60 valence electrons. The molecule has 0 N–H and O–H groups in total. The van der Waals surface area contributed by atoms with E-state index < -0.39 is 0 Å². The maximum absolute atomic E-state index is 11.2. The fraction of sp³-hybridized carbons (Fsp3) is 0.700. The van der Waals surface area contributed by atoms with Crippen molar-refractivity contribution >= 4 is 5.78 Å². The van der Waals surface area contributed by atoms with Crippen LogP contribution in [0.3, 0.4) is 0 Å². The Kier molecular flexibility index (Phi) is 2.70. The lowest BCUT2D eigenvalue weighted by atomic mass is 9.93. The molecular formula is C10H14O. The van der Waals surface area contributed by atoms with Crippen LogP contribution >= 0.6 is 0 Å². The molecule has 2 unspecified atom stereocenters. The summed E-state index contributed by atoms with van der Waals surface area (Å²) >= 11 is 0. The van der Waals surface area contributed by atoms with Gasteiger partial charge in [0.25, 0.3) is 0 Å². The van der Waals surface area contributed by atoms with Gasteiger partial charge in [0.2, 0.25) is 0 Å². The molecule has 2 atom stereocenters. The average molecular weight is 150 g/mol. The molecule has 1 nitrogen and oxygen atoms in total. The van der Waals surface area contributed by atoms with Gasteiger partial charge in [-0.2, -0.15) is 0 Å². The van der Waals surface area contributed by atoms with Gasteiger partial charge in [-0.3, -0.25) is 4.79 Å². The maximum Gasteiger partial charge on any atom is 0.136 e. The molecular weight excluding hydrogens is 136 g/mol. The number of ketones is 1. The van der Waals surface area contributed by atoms with E-state index in [1.165, 1.54) is 0 Å². The second-order valence-corrected chi connectivity index (χ2v) is 3.33. The summed E-state index contributed by atoms with van der Waals surface area (Å²) in [6.07, 6.45) is 8.62. The first-order valence-electron chi connectivity index (χ1n) is 4.22. The summed E-state index contributed by atoms with van der Waals surface area (Å²) in [6, 6.07) is 0. The molecule has 0 spiro atoms. The Labute approximate surface area is 68.2 Å². The van der Waals surface area contributed by atoms with Gasteiger partial charge in [0.05, 0.1) is 0 Å². The van der Waals surface area contributed by atoms with Crippen molar-refractivity contribution in [1.82, 2.24) is 0 Å². The number of terminal acetylenes is 1. The largest absolute Gasteiger partial charge is 0.299 e. The Hall–Kier alpha value is -0.770. The first-order valence-corrected chi connectivity index (χ1v) is 4.22. The number of hydrogen-bond donors (Lipinski definition) is 0. The van der Waals surface area contributed by atoms with Crippen molar-refractivity contribution in [3.8, 4) is 12.3 Å². The Morgan fingerprint density at radius 1 is 1.73 bits per heavy atom. The van der Waals surface area contributed by atoms with E-state index in [1.54, 1.807) is 0 Å². The highest BCUT2D eigenvalue weighted by Crippen LogP contribution is 2.31. The zero-order chi connectivity index (χ0) is 8.27. The van der Waals surface area contributed by atoms with E-state index in [4.69, 9.17) is 6.42 Å². The van der Waals surface area contributed by atoms with Crippen molar-refractivity contribution in [2.75, 3.05) is 0 Å². The van der Waals surface area contributed by atoms with Gasteiger partial charge in [-0.25, -0.2) is 0 Å². The Morgan fingerprint density at radius 2 is 2.45 bits per heavy atom. The fourth-order valence-electron chi connectivity index (χ4n) is 1.76. The predicted octanol–water partition coefficient (Wildman–Crippen LogP) is 2.01. The number of carbonyl (C=O) groups is 1. The summed E-state index contributed by atoms with van der Waals surface area (Å²) in [5, 5.41) is 0. The van der Waals surface area contributed by atoms with E-state index >= 15 is 0 Å². The molecule has 0 aromatic carbocycles. The lowest BCUT2D eigenvalue weighted by Gasteiger charge is -2.10. The van der Waals surface area contributed by atoms with Crippen LogP contribution in [-0.4, -0.2) is 5.78 Å². The molecule has 0 aromatic heterocycles.